The van der Waals surface area contributed by atoms with Crippen LogP contribution in [0.4, 0.5) is 13.2 Å². The van der Waals surface area contributed by atoms with Crippen molar-refractivity contribution in [3.8, 4) is 5.69 Å². The zero-order valence-corrected chi connectivity index (χ0v) is 13.0. The first kappa shape index (κ1) is 17.1. The van der Waals surface area contributed by atoms with Crippen LogP contribution in [-0.2, 0) is 19.2 Å². The second-order valence-electron chi connectivity index (χ2n) is 4.59. The highest BCUT2D eigenvalue weighted by atomic mass is 35.5. The van der Waals surface area contributed by atoms with Crippen LogP contribution in [0.3, 0.4) is 0 Å². The summed E-state index contributed by atoms with van der Waals surface area (Å²) in [6, 6.07) is 1.58. The third kappa shape index (κ3) is 3.21. The monoisotopic (exact) mass is 353 g/mol. The third-order valence-electron chi connectivity index (χ3n) is 3.04. The summed E-state index contributed by atoms with van der Waals surface area (Å²) >= 11 is 11.9. The van der Waals surface area contributed by atoms with E-state index in [-0.39, 0.29) is 22.3 Å². The van der Waals surface area contributed by atoms with Gasteiger partial charge in [0.15, 0.2) is 0 Å². The topological polar surface area (TPSA) is 50.9 Å². The van der Waals surface area contributed by atoms with Gasteiger partial charge in [-0.1, -0.05) is 41.8 Å². The van der Waals surface area contributed by atoms with Crippen molar-refractivity contribution < 1.29 is 18.3 Å². The van der Waals surface area contributed by atoms with Gasteiger partial charge in [-0.2, -0.15) is 13.2 Å². The fraction of sp³-hybridized carbons (Fsp3) is 0.385. The van der Waals surface area contributed by atoms with Crippen LogP contribution >= 0.6 is 23.2 Å². The summed E-state index contributed by atoms with van der Waals surface area (Å²) < 4.78 is 39.5. The fourth-order valence-corrected chi connectivity index (χ4v) is 2.70. The molecule has 2 rings (SSSR count). The Hall–Kier alpha value is -1.31. The number of nitrogens with zero attached hydrogens (tertiary/aromatic N) is 3. The smallest absolute Gasteiger partial charge is 0.390 e. The van der Waals surface area contributed by atoms with Crippen LogP contribution in [-0.4, -0.2) is 20.1 Å². The van der Waals surface area contributed by atoms with E-state index in [0.29, 0.717) is 17.8 Å². The minimum Gasteiger partial charge on any atom is -0.390 e. The highest BCUT2D eigenvalue weighted by molar-refractivity contribution is 6.37. The summed E-state index contributed by atoms with van der Waals surface area (Å²) in [5, 5.41) is 16.5. The molecule has 9 heteroatoms. The molecule has 0 aliphatic rings. The molecule has 0 saturated carbocycles. The number of benzene rings is 1. The number of rotatable bonds is 4. The van der Waals surface area contributed by atoms with Gasteiger partial charge < -0.3 is 5.11 Å². The van der Waals surface area contributed by atoms with Crippen molar-refractivity contribution in [2.45, 2.75) is 32.5 Å². The summed E-state index contributed by atoms with van der Waals surface area (Å²) in [5.41, 5.74) is 0.0835. The van der Waals surface area contributed by atoms with Crippen molar-refractivity contribution in [3.05, 3.63) is 39.1 Å². The Morgan fingerprint density at radius 3 is 2.27 bits per heavy atom. The molecular formula is C13H12Cl2F3N3O. The molecular weight excluding hydrogens is 342 g/mol. The van der Waals surface area contributed by atoms with Gasteiger partial charge >= 0.3 is 6.18 Å². The minimum absolute atomic E-state index is 0.118. The van der Waals surface area contributed by atoms with Gasteiger partial charge in [-0.3, -0.25) is 0 Å². The summed E-state index contributed by atoms with van der Waals surface area (Å²) in [4.78, 5) is 0. The lowest BCUT2D eigenvalue weighted by Crippen LogP contribution is -2.09. The van der Waals surface area contributed by atoms with Crippen LogP contribution < -0.4 is 0 Å². The van der Waals surface area contributed by atoms with Gasteiger partial charge in [0, 0.05) is 0 Å². The van der Waals surface area contributed by atoms with Crippen LogP contribution in [0, 0.1) is 0 Å². The number of aromatic nitrogens is 3. The summed E-state index contributed by atoms with van der Waals surface area (Å²) in [6.07, 6.45) is -3.29. The molecule has 1 heterocycles. The Morgan fingerprint density at radius 1 is 1.23 bits per heavy atom. The van der Waals surface area contributed by atoms with E-state index in [2.05, 4.69) is 10.3 Å². The highest BCUT2D eigenvalue weighted by Crippen LogP contribution is 2.37. The molecule has 1 aromatic heterocycles. The number of halogens is 5. The largest absolute Gasteiger partial charge is 0.416 e. The number of aliphatic hydroxyl groups is 1. The third-order valence-corrected chi connectivity index (χ3v) is 3.61. The molecule has 120 valence electrons. The summed E-state index contributed by atoms with van der Waals surface area (Å²) in [7, 11) is 0. The Kier molecular flexibility index (Phi) is 4.99. The first-order valence-corrected chi connectivity index (χ1v) is 7.16. The molecule has 1 aromatic carbocycles. The van der Waals surface area contributed by atoms with Crippen LogP contribution in [0.5, 0.6) is 0 Å². The van der Waals surface area contributed by atoms with Crippen LogP contribution in [0.25, 0.3) is 5.69 Å². The summed E-state index contributed by atoms with van der Waals surface area (Å²) in [6.45, 7) is 1.58. The lowest BCUT2D eigenvalue weighted by Gasteiger charge is -2.14. The molecule has 0 saturated heterocycles. The van der Waals surface area contributed by atoms with E-state index in [1.807, 2.05) is 6.92 Å². The average Bonchev–Trinajstić information content (AvgIpc) is 2.80. The van der Waals surface area contributed by atoms with Gasteiger partial charge in [0.05, 0.1) is 27.9 Å². The second kappa shape index (κ2) is 6.44. The van der Waals surface area contributed by atoms with Crippen molar-refractivity contribution >= 4 is 23.2 Å². The maximum absolute atomic E-state index is 12.8. The van der Waals surface area contributed by atoms with Crippen LogP contribution in [0.2, 0.25) is 10.0 Å². The van der Waals surface area contributed by atoms with Crippen molar-refractivity contribution in [2.75, 3.05) is 0 Å². The number of hydrogen-bond acceptors (Lipinski definition) is 3. The first-order valence-electron chi connectivity index (χ1n) is 6.40. The maximum atomic E-state index is 12.8. The van der Waals surface area contributed by atoms with E-state index in [1.54, 1.807) is 0 Å². The molecule has 0 aliphatic heterocycles. The van der Waals surface area contributed by atoms with E-state index < -0.39 is 11.7 Å². The maximum Gasteiger partial charge on any atom is 0.416 e. The predicted molar refractivity (Wildman–Crippen MR) is 76.3 cm³/mol. The molecule has 1 N–H and O–H groups in total. The zero-order chi connectivity index (χ0) is 16.5. The van der Waals surface area contributed by atoms with Crippen molar-refractivity contribution in [2.24, 2.45) is 0 Å². The lowest BCUT2D eigenvalue weighted by molar-refractivity contribution is -0.137. The van der Waals surface area contributed by atoms with Gasteiger partial charge in [-0.25, -0.2) is 4.68 Å². The molecule has 0 aliphatic carbocycles. The van der Waals surface area contributed by atoms with Crippen LogP contribution in [0.15, 0.2) is 12.1 Å². The van der Waals surface area contributed by atoms with Gasteiger partial charge in [0.2, 0.25) is 0 Å². The van der Waals surface area contributed by atoms with Crippen molar-refractivity contribution in [1.29, 1.82) is 0 Å². The predicted octanol–water partition coefficient (Wildman–Crippen LogP) is 4.04. The number of alkyl halides is 3. The molecule has 0 spiro atoms. The minimum atomic E-state index is -4.54. The Balaban J connectivity index is 2.61. The normalized spacial score (nSPS) is 12.0. The molecule has 0 atom stereocenters. The van der Waals surface area contributed by atoms with E-state index in [0.717, 1.165) is 18.6 Å². The molecule has 0 amide bonds. The quantitative estimate of drug-likeness (QED) is 0.902. The Bertz CT molecular complexity index is 663. The molecule has 0 bridgehead atoms. The van der Waals surface area contributed by atoms with Crippen LogP contribution in [0.1, 0.15) is 30.3 Å². The van der Waals surface area contributed by atoms with Crippen molar-refractivity contribution in [1.82, 2.24) is 15.0 Å². The molecule has 22 heavy (non-hydrogen) atoms. The highest BCUT2D eigenvalue weighted by Gasteiger charge is 2.32. The first-order chi connectivity index (χ1) is 10.3. The SMILES string of the molecule is CCCc1c(CO)nnn1-c1c(Cl)cc(C(F)(F)F)cc1Cl. The molecule has 4 nitrogen and oxygen atoms in total. The standard InChI is InChI=1S/C13H12Cl2F3N3O/c1-2-3-11-10(6-22)19-20-21(11)12-8(14)4-7(5-9(12)15)13(16,17)18/h4-5,22H,2-3,6H2,1H3. The zero-order valence-electron chi connectivity index (χ0n) is 11.5. The van der Waals surface area contributed by atoms with E-state index >= 15 is 0 Å². The second-order valence-corrected chi connectivity index (χ2v) is 5.40. The molecule has 0 radical (unpaired) electrons. The summed E-state index contributed by atoms with van der Waals surface area (Å²) in [5.74, 6) is 0. The Morgan fingerprint density at radius 2 is 1.82 bits per heavy atom. The molecule has 2 aromatic rings. The Labute approximate surface area is 134 Å². The lowest BCUT2D eigenvalue weighted by atomic mass is 10.1. The average molecular weight is 354 g/mol. The van der Waals surface area contributed by atoms with Gasteiger partial charge in [-0.05, 0) is 18.6 Å². The molecule has 0 fully saturated rings. The van der Waals surface area contributed by atoms with Gasteiger partial charge in [-0.15, -0.1) is 5.10 Å². The van der Waals surface area contributed by atoms with E-state index in [4.69, 9.17) is 23.2 Å². The fourth-order valence-electron chi connectivity index (χ4n) is 2.05. The van der Waals surface area contributed by atoms with Gasteiger partial charge in [0.25, 0.3) is 0 Å². The van der Waals surface area contributed by atoms with E-state index in [1.165, 1.54) is 4.68 Å². The van der Waals surface area contributed by atoms with Crippen molar-refractivity contribution in [3.63, 3.8) is 0 Å². The van der Waals surface area contributed by atoms with Gasteiger partial charge in [0.1, 0.15) is 11.4 Å². The molecule has 0 unspecified atom stereocenters. The number of aliphatic hydroxyl groups excluding tert-OH is 1. The number of hydrogen-bond donors (Lipinski definition) is 1. The van der Waals surface area contributed by atoms with E-state index in [9.17, 15) is 18.3 Å².